The average molecular weight is 228 g/mol. The minimum absolute atomic E-state index is 0.173. The molecule has 0 aromatic carbocycles. The van der Waals surface area contributed by atoms with E-state index in [1.54, 1.807) is 7.11 Å². The average Bonchev–Trinajstić information content (AvgIpc) is 2.17. The third kappa shape index (κ3) is 4.20. The zero-order valence-electron chi connectivity index (χ0n) is 11.0. The van der Waals surface area contributed by atoms with E-state index in [0.29, 0.717) is 6.54 Å². The van der Waals surface area contributed by atoms with Gasteiger partial charge >= 0.3 is 0 Å². The predicted octanol–water partition coefficient (Wildman–Crippen LogP) is 0.618. The SMILES string of the molecule is COCC(=O)CN1CCN(C(C)(C)C)CC1. The topological polar surface area (TPSA) is 32.8 Å². The van der Waals surface area contributed by atoms with Gasteiger partial charge in [-0.3, -0.25) is 14.6 Å². The minimum Gasteiger partial charge on any atom is -0.377 e. The van der Waals surface area contributed by atoms with E-state index in [2.05, 4.69) is 30.6 Å². The molecule has 0 atom stereocenters. The van der Waals surface area contributed by atoms with Gasteiger partial charge in [0, 0.05) is 38.8 Å². The lowest BCUT2D eigenvalue weighted by molar-refractivity contribution is -0.124. The molecule has 0 unspecified atom stereocenters. The second-order valence-corrected chi connectivity index (χ2v) is 5.41. The lowest BCUT2D eigenvalue weighted by Crippen LogP contribution is -2.54. The summed E-state index contributed by atoms with van der Waals surface area (Å²) in [5, 5.41) is 0. The van der Waals surface area contributed by atoms with Crippen molar-refractivity contribution in [2.24, 2.45) is 0 Å². The Balaban J connectivity index is 2.30. The van der Waals surface area contributed by atoms with E-state index in [0.717, 1.165) is 26.2 Å². The quantitative estimate of drug-likeness (QED) is 0.706. The third-order valence-electron chi connectivity index (χ3n) is 3.03. The number of hydrogen-bond donors (Lipinski definition) is 0. The fourth-order valence-electron chi connectivity index (χ4n) is 2.03. The fourth-order valence-corrected chi connectivity index (χ4v) is 2.03. The van der Waals surface area contributed by atoms with Crippen molar-refractivity contribution < 1.29 is 9.53 Å². The van der Waals surface area contributed by atoms with Crippen molar-refractivity contribution in [2.75, 3.05) is 46.4 Å². The van der Waals surface area contributed by atoms with Crippen LogP contribution in [0.4, 0.5) is 0 Å². The van der Waals surface area contributed by atoms with Crippen molar-refractivity contribution >= 4 is 5.78 Å². The number of ether oxygens (including phenoxy) is 1. The van der Waals surface area contributed by atoms with Crippen LogP contribution in [0.1, 0.15) is 20.8 Å². The number of hydrogen-bond acceptors (Lipinski definition) is 4. The molecule has 1 heterocycles. The first-order valence-corrected chi connectivity index (χ1v) is 5.91. The Morgan fingerprint density at radius 1 is 1.19 bits per heavy atom. The van der Waals surface area contributed by atoms with Gasteiger partial charge < -0.3 is 4.74 Å². The van der Waals surface area contributed by atoms with E-state index < -0.39 is 0 Å². The Bertz CT molecular complexity index is 228. The van der Waals surface area contributed by atoms with Crippen molar-refractivity contribution in [3.63, 3.8) is 0 Å². The smallest absolute Gasteiger partial charge is 0.172 e. The molecule has 94 valence electrons. The summed E-state index contributed by atoms with van der Waals surface area (Å²) >= 11 is 0. The fraction of sp³-hybridized carbons (Fsp3) is 0.917. The van der Waals surface area contributed by atoms with Gasteiger partial charge in [0.2, 0.25) is 0 Å². The normalized spacial score (nSPS) is 20.0. The van der Waals surface area contributed by atoms with Crippen LogP contribution in [-0.4, -0.2) is 67.6 Å². The van der Waals surface area contributed by atoms with Crippen LogP contribution in [0.15, 0.2) is 0 Å². The van der Waals surface area contributed by atoms with Crippen LogP contribution in [0.2, 0.25) is 0 Å². The largest absolute Gasteiger partial charge is 0.377 e. The Kier molecular flexibility index (Phi) is 4.89. The molecule has 4 heteroatoms. The molecule has 1 aliphatic rings. The first-order chi connectivity index (χ1) is 7.43. The molecule has 1 fully saturated rings. The van der Waals surface area contributed by atoms with Gasteiger partial charge in [-0.1, -0.05) is 0 Å². The van der Waals surface area contributed by atoms with Crippen LogP contribution >= 0.6 is 0 Å². The summed E-state index contributed by atoms with van der Waals surface area (Å²) in [6.07, 6.45) is 0. The van der Waals surface area contributed by atoms with Crippen LogP contribution in [0, 0.1) is 0 Å². The summed E-state index contributed by atoms with van der Waals surface area (Å²) in [7, 11) is 1.56. The number of Topliss-reactive ketones (excluding diaryl/α,β-unsaturated/α-hetero) is 1. The first kappa shape index (κ1) is 13.6. The van der Waals surface area contributed by atoms with Crippen LogP contribution in [0.25, 0.3) is 0 Å². The molecule has 0 bridgehead atoms. The maximum atomic E-state index is 11.4. The van der Waals surface area contributed by atoms with E-state index >= 15 is 0 Å². The molecule has 16 heavy (non-hydrogen) atoms. The monoisotopic (exact) mass is 228 g/mol. The van der Waals surface area contributed by atoms with Gasteiger partial charge in [-0.25, -0.2) is 0 Å². The molecule has 0 aromatic heterocycles. The van der Waals surface area contributed by atoms with Gasteiger partial charge in [0.05, 0.1) is 6.54 Å². The van der Waals surface area contributed by atoms with E-state index in [1.807, 2.05) is 0 Å². The highest BCUT2D eigenvalue weighted by Gasteiger charge is 2.26. The van der Waals surface area contributed by atoms with Crippen molar-refractivity contribution in [1.82, 2.24) is 9.80 Å². The van der Waals surface area contributed by atoms with Crippen LogP contribution in [-0.2, 0) is 9.53 Å². The highest BCUT2D eigenvalue weighted by molar-refractivity contribution is 5.81. The highest BCUT2D eigenvalue weighted by atomic mass is 16.5. The predicted molar refractivity (Wildman–Crippen MR) is 64.6 cm³/mol. The Morgan fingerprint density at radius 3 is 2.19 bits per heavy atom. The Labute approximate surface area is 98.5 Å². The molecule has 0 saturated carbocycles. The van der Waals surface area contributed by atoms with E-state index in [1.165, 1.54) is 0 Å². The number of piperazine rings is 1. The first-order valence-electron chi connectivity index (χ1n) is 5.91. The molecule has 0 radical (unpaired) electrons. The Hall–Kier alpha value is -0.450. The molecule has 0 amide bonds. The van der Waals surface area contributed by atoms with Crippen LogP contribution in [0.3, 0.4) is 0 Å². The molecule has 0 spiro atoms. The van der Waals surface area contributed by atoms with Gasteiger partial charge in [0.1, 0.15) is 6.61 Å². The maximum absolute atomic E-state index is 11.4. The standard InChI is InChI=1S/C12H24N2O2/c1-12(2,3)14-7-5-13(6-8-14)9-11(15)10-16-4/h5-10H2,1-4H3. The van der Waals surface area contributed by atoms with E-state index in [-0.39, 0.29) is 17.9 Å². The minimum atomic E-state index is 0.173. The third-order valence-corrected chi connectivity index (χ3v) is 3.03. The number of rotatable bonds is 4. The summed E-state index contributed by atoms with van der Waals surface area (Å²) in [4.78, 5) is 16.1. The molecule has 0 aliphatic carbocycles. The van der Waals surface area contributed by atoms with E-state index in [9.17, 15) is 4.79 Å². The number of nitrogens with zero attached hydrogens (tertiary/aromatic N) is 2. The molecule has 4 nitrogen and oxygen atoms in total. The van der Waals surface area contributed by atoms with Crippen molar-refractivity contribution in [2.45, 2.75) is 26.3 Å². The molecule has 1 aliphatic heterocycles. The van der Waals surface area contributed by atoms with Gasteiger partial charge in [-0.2, -0.15) is 0 Å². The van der Waals surface area contributed by atoms with Crippen molar-refractivity contribution in [1.29, 1.82) is 0 Å². The summed E-state index contributed by atoms with van der Waals surface area (Å²) in [5.74, 6) is 0.173. The van der Waals surface area contributed by atoms with Gasteiger partial charge in [-0.05, 0) is 20.8 Å². The molecule has 1 saturated heterocycles. The zero-order chi connectivity index (χ0) is 12.2. The van der Waals surface area contributed by atoms with Crippen molar-refractivity contribution in [3.8, 4) is 0 Å². The number of methoxy groups -OCH3 is 1. The number of carbonyl (C=O) groups excluding carboxylic acids is 1. The molecule has 0 aromatic rings. The summed E-state index contributed by atoms with van der Waals surface area (Å²) in [6.45, 7) is 11.5. The zero-order valence-corrected chi connectivity index (χ0v) is 11.0. The molecule has 0 N–H and O–H groups in total. The lowest BCUT2D eigenvalue weighted by Gasteiger charge is -2.42. The van der Waals surface area contributed by atoms with E-state index in [4.69, 9.17) is 4.74 Å². The second kappa shape index (κ2) is 5.75. The Morgan fingerprint density at radius 2 is 1.75 bits per heavy atom. The maximum Gasteiger partial charge on any atom is 0.172 e. The molecular formula is C12H24N2O2. The van der Waals surface area contributed by atoms with Gasteiger partial charge in [0.25, 0.3) is 0 Å². The van der Waals surface area contributed by atoms with Gasteiger partial charge in [0.15, 0.2) is 5.78 Å². The summed E-state index contributed by atoms with van der Waals surface area (Å²) in [6, 6.07) is 0. The van der Waals surface area contributed by atoms with Crippen LogP contribution in [0.5, 0.6) is 0 Å². The number of carbonyl (C=O) groups is 1. The highest BCUT2D eigenvalue weighted by Crippen LogP contribution is 2.15. The molecule has 1 rings (SSSR count). The summed E-state index contributed by atoms with van der Waals surface area (Å²) < 4.78 is 4.83. The lowest BCUT2D eigenvalue weighted by atomic mass is 10.0. The van der Waals surface area contributed by atoms with Crippen LogP contribution < -0.4 is 0 Å². The second-order valence-electron chi connectivity index (χ2n) is 5.41. The molecular weight excluding hydrogens is 204 g/mol. The summed E-state index contributed by atoms with van der Waals surface area (Å²) in [5.41, 5.74) is 0.239. The number of ketones is 1. The van der Waals surface area contributed by atoms with Gasteiger partial charge in [-0.15, -0.1) is 0 Å². The van der Waals surface area contributed by atoms with Crippen molar-refractivity contribution in [3.05, 3.63) is 0 Å².